The molecule has 0 bridgehead atoms. The molecule has 0 atom stereocenters. The van der Waals surface area contributed by atoms with Gasteiger partial charge in [-0.25, -0.2) is 4.68 Å². The van der Waals surface area contributed by atoms with Crippen molar-refractivity contribution in [2.75, 3.05) is 11.1 Å². The quantitative estimate of drug-likeness (QED) is 0.446. The largest absolute Gasteiger partial charge is 0.325 e. The molecular weight excluding hydrogens is 414 g/mol. The third-order valence-corrected chi connectivity index (χ3v) is 6.00. The van der Waals surface area contributed by atoms with Crippen LogP contribution in [-0.4, -0.2) is 31.2 Å². The van der Waals surface area contributed by atoms with Crippen LogP contribution in [-0.2, 0) is 4.79 Å². The summed E-state index contributed by atoms with van der Waals surface area (Å²) in [6.07, 6.45) is 3.83. The maximum Gasteiger partial charge on any atom is 0.234 e. The summed E-state index contributed by atoms with van der Waals surface area (Å²) in [7, 11) is 0. The second-order valence-electron chi connectivity index (χ2n) is 5.95. The lowest BCUT2D eigenvalue weighted by molar-refractivity contribution is -0.113. The fourth-order valence-corrected chi connectivity index (χ4v) is 4.23. The maximum atomic E-state index is 12.4. The molecule has 28 heavy (non-hydrogen) atoms. The van der Waals surface area contributed by atoms with Gasteiger partial charge in [0.05, 0.1) is 10.6 Å². The molecule has 1 N–H and O–H groups in total. The zero-order valence-electron chi connectivity index (χ0n) is 14.9. The minimum absolute atomic E-state index is 0.130. The number of amides is 1. The third kappa shape index (κ3) is 3.99. The molecule has 0 aliphatic rings. The number of nitrogens with one attached hydrogen (secondary N) is 1. The van der Waals surface area contributed by atoms with Crippen LogP contribution in [0.4, 0.5) is 5.69 Å². The summed E-state index contributed by atoms with van der Waals surface area (Å²) in [6.45, 7) is 1.93. The smallest absolute Gasteiger partial charge is 0.234 e. The molecule has 0 radical (unpaired) electrons. The van der Waals surface area contributed by atoms with Gasteiger partial charge in [0, 0.05) is 23.1 Å². The van der Waals surface area contributed by atoms with Crippen molar-refractivity contribution >= 4 is 46.3 Å². The zero-order chi connectivity index (χ0) is 19.5. The van der Waals surface area contributed by atoms with Crippen LogP contribution < -0.4 is 5.32 Å². The number of hydrogen-bond acceptors (Lipinski definition) is 5. The Labute approximate surface area is 175 Å². The number of thiophene rings is 1. The number of aryl methyl sites for hydroxylation is 1. The van der Waals surface area contributed by atoms with E-state index in [1.807, 2.05) is 64.4 Å². The Morgan fingerprint density at radius 1 is 1.21 bits per heavy atom. The minimum Gasteiger partial charge on any atom is -0.325 e. The monoisotopic (exact) mass is 429 g/mol. The molecular formula is C19H16ClN5OS2. The second kappa shape index (κ2) is 8.22. The number of aromatic nitrogens is 4. The van der Waals surface area contributed by atoms with Gasteiger partial charge in [-0.1, -0.05) is 35.5 Å². The first-order chi connectivity index (χ1) is 13.6. The van der Waals surface area contributed by atoms with E-state index in [0.717, 1.165) is 16.3 Å². The van der Waals surface area contributed by atoms with Gasteiger partial charge in [-0.2, -0.15) is 0 Å². The highest BCUT2D eigenvalue weighted by Crippen LogP contribution is 2.28. The lowest BCUT2D eigenvalue weighted by Crippen LogP contribution is -2.16. The van der Waals surface area contributed by atoms with Gasteiger partial charge in [-0.05, 0) is 48.2 Å². The lowest BCUT2D eigenvalue weighted by atomic mass is 10.2. The number of thioether (sulfide) groups is 1. The SMILES string of the molecule is Cc1ccc(Cl)cc1NC(=O)CSc1nnc(-c2cccs2)n1-n1cccc1. The summed E-state index contributed by atoms with van der Waals surface area (Å²) >= 11 is 8.94. The number of anilines is 1. The average Bonchev–Trinajstić information content (AvgIpc) is 3.43. The van der Waals surface area contributed by atoms with Crippen molar-refractivity contribution in [3.05, 3.63) is 70.8 Å². The Hall–Kier alpha value is -2.55. The molecule has 0 saturated heterocycles. The van der Waals surface area contributed by atoms with Crippen molar-refractivity contribution in [1.29, 1.82) is 0 Å². The summed E-state index contributed by atoms with van der Waals surface area (Å²) < 4.78 is 3.80. The van der Waals surface area contributed by atoms with Crippen LogP contribution in [0.1, 0.15) is 5.56 Å². The van der Waals surface area contributed by atoms with Gasteiger partial charge in [0.2, 0.25) is 11.1 Å². The van der Waals surface area contributed by atoms with Gasteiger partial charge in [0.1, 0.15) is 0 Å². The molecule has 4 rings (SSSR count). The van der Waals surface area contributed by atoms with Crippen molar-refractivity contribution in [2.24, 2.45) is 0 Å². The van der Waals surface area contributed by atoms with E-state index in [-0.39, 0.29) is 11.7 Å². The zero-order valence-corrected chi connectivity index (χ0v) is 17.3. The number of hydrogen-bond donors (Lipinski definition) is 1. The van der Waals surface area contributed by atoms with Crippen molar-refractivity contribution in [1.82, 2.24) is 19.5 Å². The predicted octanol–water partition coefficient (Wildman–Crippen LogP) is 4.81. The first kappa shape index (κ1) is 18.8. The molecule has 9 heteroatoms. The van der Waals surface area contributed by atoms with Gasteiger partial charge >= 0.3 is 0 Å². The van der Waals surface area contributed by atoms with E-state index in [9.17, 15) is 4.79 Å². The molecule has 0 spiro atoms. The standard InChI is InChI=1S/C19H16ClN5OS2/c1-13-6-7-14(20)11-15(13)21-17(26)12-28-19-23-22-18(16-5-4-10-27-16)25(19)24-8-2-3-9-24/h2-11H,12H2,1H3,(H,21,26). The van der Waals surface area contributed by atoms with Crippen molar-refractivity contribution < 1.29 is 4.79 Å². The Kier molecular flexibility index (Phi) is 5.52. The molecule has 0 saturated carbocycles. The van der Waals surface area contributed by atoms with Crippen LogP contribution in [0.15, 0.2) is 65.4 Å². The van der Waals surface area contributed by atoms with Crippen molar-refractivity contribution in [3.8, 4) is 10.7 Å². The Balaban J connectivity index is 1.54. The fourth-order valence-electron chi connectivity index (χ4n) is 2.63. The molecule has 1 amide bonds. The molecule has 1 aromatic carbocycles. The molecule has 3 aromatic heterocycles. The first-order valence-corrected chi connectivity index (χ1v) is 10.7. The highest BCUT2D eigenvalue weighted by molar-refractivity contribution is 7.99. The van der Waals surface area contributed by atoms with E-state index < -0.39 is 0 Å². The number of rotatable bonds is 6. The van der Waals surface area contributed by atoms with E-state index in [1.165, 1.54) is 11.8 Å². The van der Waals surface area contributed by atoms with Gasteiger partial charge in [-0.3, -0.25) is 9.47 Å². The summed E-state index contributed by atoms with van der Waals surface area (Å²) in [5.74, 6) is 0.811. The van der Waals surface area contributed by atoms with E-state index in [2.05, 4.69) is 15.5 Å². The minimum atomic E-state index is -0.130. The molecule has 4 aromatic rings. The van der Waals surface area contributed by atoms with Crippen LogP contribution in [0, 0.1) is 6.92 Å². The number of nitrogens with zero attached hydrogens (tertiary/aromatic N) is 4. The maximum absolute atomic E-state index is 12.4. The normalized spacial score (nSPS) is 10.9. The van der Waals surface area contributed by atoms with E-state index in [1.54, 1.807) is 23.5 Å². The summed E-state index contributed by atoms with van der Waals surface area (Å²) in [4.78, 5) is 13.5. The van der Waals surface area contributed by atoms with Crippen LogP contribution in [0.25, 0.3) is 10.7 Å². The van der Waals surface area contributed by atoms with Gasteiger partial charge in [0.25, 0.3) is 0 Å². The van der Waals surface area contributed by atoms with Crippen LogP contribution >= 0.6 is 34.7 Å². The average molecular weight is 430 g/mol. The highest BCUT2D eigenvalue weighted by atomic mass is 35.5. The Bertz CT molecular complexity index is 1090. The summed E-state index contributed by atoms with van der Waals surface area (Å²) in [5.41, 5.74) is 1.67. The summed E-state index contributed by atoms with van der Waals surface area (Å²) in [6, 6.07) is 13.3. The molecule has 0 fully saturated rings. The molecule has 0 unspecified atom stereocenters. The first-order valence-electron chi connectivity index (χ1n) is 8.43. The number of benzene rings is 1. The Morgan fingerprint density at radius 3 is 2.79 bits per heavy atom. The van der Waals surface area contributed by atoms with Crippen LogP contribution in [0.3, 0.4) is 0 Å². The highest BCUT2D eigenvalue weighted by Gasteiger charge is 2.17. The summed E-state index contributed by atoms with van der Waals surface area (Å²) in [5, 5.41) is 14.8. The van der Waals surface area contributed by atoms with Crippen molar-refractivity contribution in [3.63, 3.8) is 0 Å². The number of carbonyl (C=O) groups is 1. The number of halogens is 1. The third-order valence-electron chi connectivity index (χ3n) is 3.98. The van der Waals surface area contributed by atoms with Gasteiger partial charge in [-0.15, -0.1) is 21.5 Å². The topological polar surface area (TPSA) is 64.7 Å². The van der Waals surface area contributed by atoms with Gasteiger partial charge in [0.15, 0.2) is 5.82 Å². The van der Waals surface area contributed by atoms with E-state index in [0.29, 0.717) is 15.9 Å². The lowest BCUT2D eigenvalue weighted by Gasteiger charge is -2.11. The van der Waals surface area contributed by atoms with E-state index in [4.69, 9.17) is 11.6 Å². The number of carbonyl (C=O) groups excluding carboxylic acids is 1. The molecule has 0 aliphatic carbocycles. The van der Waals surface area contributed by atoms with Crippen LogP contribution in [0.2, 0.25) is 5.02 Å². The van der Waals surface area contributed by atoms with E-state index >= 15 is 0 Å². The van der Waals surface area contributed by atoms with Crippen molar-refractivity contribution in [2.45, 2.75) is 12.1 Å². The molecule has 6 nitrogen and oxygen atoms in total. The molecule has 0 aliphatic heterocycles. The van der Waals surface area contributed by atoms with Gasteiger partial charge < -0.3 is 5.32 Å². The predicted molar refractivity (Wildman–Crippen MR) is 114 cm³/mol. The Morgan fingerprint density at radius 2 is 2.04 bits per heavy atom. The molecule has 3 heterocycles. The second-order valence-corrected chi connectivity index (χ2v) is 8.28. The fraction of sp³-hybridized carbons (Fsp3) is 0.105. The molecule has 142 valence electrons. The van der Waals surface area contributed by atoms with Crippen LogP contribution in [0.5, 0.6) is 0 Å².